The molecule has 0 saturated carbocycles. The highest BCUT2D eigenvalue weighted by Crippen LogP contribution is 2.21. The van der Waals surface area contributed by atoms with Gasteiger partial charge < -0.3 is 0 Å². The molecule has 1 aromatic carbocycles. The zero-order valence-corrected chi connectivity index (χ0v) is 11.9. The molecule has 3 N–H and O–H groups in total. The molecule has 102 valence electrons. The summed E-state index contributed by atoms with van der Waals surface area (Å²) in [7, 11) is 0. The maximum atomic E-state index is 5.89. The first-order valence-corrected chi connectivity index (χ1v) is 6.73. The molecule has 1 atom stereocenters. The number of hydrazine groups is 1. The van der Waals surface area contributed by atoms with E-state index in [4.69, 9.17) is 17.4 Å². The fourth-order valence-corrected chi connectivity index (χ4v) is 2.26. The lowest BCUT2D eigenvalue weighted by Crippen LogP contribution is -2.31. The van der Waals surface area contributed by atoms with Crippen molar-refractivity contribution in [1.29, 1.82) is 0 Å². The fraction of sp³-hybridized carbons (Fsp3) is 0.357. The Labute approximate surface area is 118 Å². The van der Waals surface area contributed by atoms with Crippen molar-refractivity contribution in [2.24, 2.45) is 5.84 Å². The van der Waals surface area contributed by atoms with Gasteiger partial charge in [0.25, 0.3) is 0 Å². The van der Waals surface area contributed by atoms with Gasteiger partial charge in [0.2, 0.25) is 0 Å². The number of hydrogen-bond acceptors (Lipinski definition) is 3. The van der Waals surface area contributed by atoms with E-state index in [0.717, 1.165) is 17.1 Å². The van der Waals surface area contributed by atoms with Crippen LogP contribution < -0.4 is 11.3 Å². The summed E-state index contributed by atoms with van der Waals surface area (Å²) in [5, 5.41) is 5.08. The lowest BCUT2D eigenvalue weighted by atomic mass is 10.0. The van der Waals surface area contributed by atoms with Crippen molar-refractivity contribution < 1.29 is 0 Å². The second kappa shape index (κ2) is 6.19. The molecule has 0 aliphatic heterocycles. The van der Waals surface area contributed by atoms with Crippen LogP contribution in [0.3, 0.4) is 0 Å². The largest absolute Gasteiger partial charge is 0.271 e. The van der Waals surface area contributed by atoms with Crippen LogP contribution in [0.25, 0.3) is 0 Å². The molecule has 5 heteroatoms. The highest BCUT2D eigenvalue weighted by atomic mass is 35.5. The monoisotopic (exact) mass is 278 g/mol. The van der Waals surface area contributed by atoms with E-state index < -0.39 is 0 Å². The van der Waals surface area contributed by atoms with Crippen molar-refractivity contribution in [3.05, 3.63) is 52.8 Å². The highest BCUT2D eigenvalue weighted by Gasteiger charge is 2.16. The van der Waals surface area contributed by atoms with Gasteiger partial charge in [-0.1, -0.05) is 23.7 Å². The lowest BCUT2D eigenvalue weighted by molar-refractivity contribution is 0.448. The molecular weight excluding hydrogens is 260 g/mol. The Kier molecular flexibility index (Phi) is 4.58. The standard InChI is InChI=1S/C14H19ClN4/c1-10(2)19-14(7-8-17-19)13(18-16)9-11-3-5-12(15)6-4-11/h3-8,10,13,18H,9,16H2,1-2H3. The maximum Gasteiger partial charge on any atom is 0.0669 e. The van der Waals surface area contributed by atoms with Gasteiger partial charge in [-0.25, -0.2) is 0 Å². The average molecular weight is 279 g/mol. The van der Waals surface area contributed by atoms with Crippen LogP contribution in [0.5, 0.6) is 0 Å². The van der Waals surface area contributed by atoms with Crippen LogP contribution in [0.1, 0.15) is 37.2 Å². The molecule has 4 nitrogen and oxygen atoms in total. The Morgan fingerprint density at radius 1 is 1.26 bits per heavy atom. The molecule has 0 aliphatic carbocycles. The molecule has 0 fully saturated rings. The van der Waals surface area contributed by atoms with Crippen molar-refractivity contribution in [3.8, 4) is 0 Å². The van der Waals surface area contributed by atoms with Gasteiger partial charge in [-0.3, -0.25) is 16.0 Å². The third-order valence-corrected chi connectivity index (χ3v) is 3.35. The summed E-state index contributed by atoms with van der Waals surface area (Å²) in [6.07, 6.45) is 2.60. The smallest absolute Gasteiger partial charge is 0.0669 e. The third kappa shape index (κ3) is 3.35. The third-order valence-electron chi connectivity index (χ3n) is 3.10. The molecule has 0 spiro atoms. The molecule has 19 heavy (non-hydrogen) atoms. The summed E-state index contributed by atoms with van der Waals surface area (Å²) in [6.45, 7) is 4.21. The first kappa shape index (κ1) is 14.1. The van der Waals surface area contributed by atoms with Gasteiger partial charge in [-0.05, 0) is 44.0 Å². The molecule has 0 aliphatic rings. The normalized spacial score (nSPS) is 12.9. The number of nitrogens with zero attached hydrogens (tertiary/aromatic N) is 2. The van der Waals surface area contributed by atoms with Crippen LogP contribution in [0.15, 0.2) is 36.5 Å². The molecule has 1 unspecified atom stereocenters. The van der Waals surface area contributed by atoms with Gasteiger partial charge in [0.05, 0.1) is 11.7 Å². The Morgan fingerprint density at radius 2 is 1.95 bits per heavy atom. The zero-order valence-electron chi connectivity index (χ0n) is 11.2. The van der Waals surface area contributed by atoms with E-state index in [-0.39, 0.29) is 6.04 Å². The summed E-state index contributed by atoms with van der Waals surface area (Å²) < 4.78 is 1.99. The number of nitrogens with one attached hydrogen (secondary N) is 1. The average Bonchev–Trinajstić information content (AvgIpc) is 2.87. The highest BCUT2D eigenvalue weighted by molar-refractivity contribution is 6.30. The molecule has 0 amide bonds. The first-order valence-electron chi connectivity index (χ1n) is 6.35. The van der Waals surface area contributed by atoms with Crippen LogP contribution in [-0.4, -0.2) is 9.78 Å². The van der Waals surface area contributed by atoms with Gasteiger partial charge in [-0.2, -0.15) is 5.10 Å². The molecule has 0 radical (unpaired) electrons. The summed E-state index contributed by atoms with van der Waals surface area (Å²) in [4.78, 5) is 0. The number of aromatic nitrogens is 2. The Balaban J connectivity index is 2.20. The maximum absolute atomic E-state index is 5.89. The molecular formula is C14H19ClN4. The number of nitrogens with two attached hydrogens (primary N) is 1. The molecule has 2 rings (SSSR count). The minimum absolute atomic E-state index is 0.0334. The Bertz CT molecular complexity index is 518. The van der Waals surface area contributed by atoms with E-state index in [1.165, 1.54) is 5.56 Å². The molecule has 1 aromatic heterocycles. The summed E-state index contributed by atoms with van der Waals surface area (Å²) >= 11 is 5.89. The van der Waals surface area contributed by atoms with Gasteiger partial charge in [0.15, 0.2) is 0 Å². The van der Waals surface area contributed by atoms with Crippen molar-refractivity contribution >= 4 is 11.6 Å². The minimum atomic E-state index is 0.0334. The van der Waals surface area contributed by atoms with Crippen molar-refractivity contribution in [2.75, 3.05) is 0 Å². The van der Waals surface area contributed by atoms with E-state index in [0.29, 0.717) is 6.04 Å². The van der Waals surface area contributed by atoms with Gasteiger partial charge in [0.1, 0.15) is 0 Å². The number of benzene rings is 1. The Morgan fingerprint density at radius 3 is 2.53 bits per heavy atom. The van der Waals surface area contributed by atoms with E-state index in [1.54, 1.807) is 0 Å². The van der Waals surface area contributed by atoms with Crippen molar-refractivity contribution in [2.45, 2.75) is 32.4 Å². The van der Waals surface area contributed by atoms with Crippen LogP contribution >= 0.6 is 11.6 Å². The number of halogens is 1. The second-order valence-electron chi connectivity index (χ2n) is 4.84. The molecule has 0 bridgehead atoms. The van der Waals surface area contributed by atoms with Crippen LogP contribution in [0.2, 0.25) is 5.02 Å². The van der Waals surface area contributed by atoms with Crippen molar-refractivity contribution in [1.82, 2.24) is 15.2 Å². The quantitative estimate of drug-likeness (QED) is 0.653. The zero-order chi connectivity index (χ0) is 13.8. The minimum Gasteiger partial charge on any atom is -0.271 e. The summed E-state index contributed by atoms with van der Waals surface area (Å²) in [5.41, 5.74) is 5.14. The van der Waals surface area contributed by atoms with Crippen LogP contribution in [-0.2, 0) is 6.42 Å². The summed E-state index contributed by atoms with van der Waals surface area (Å²) in [5.74, 6) is 5.69. The topological polar surface area (TPSA) is 55.9 Å². The predicted molar refractivity (Wildman–Crippen MR) is 77.8 cm³/mol. The first-order chi connectivity index (χ1) is 9.11. The van der Waals surface area contributed by atoms with Crippen LogP contribution in [0.4, 0.5) is 0 Å². The number of rotatable bonds is 5. The second-order valence-corrected chi connectivity index (χ2v) is 5.28. The molecule has 2 aromatic rings. The van der Waals surface area contributed by atoms with Gasteiger partial charge >= 0.3 is 0 Å². The number of hydrogen-bond donors (Lipinski definition) is 2. The summed E-state index contributed by atoms with van der Waals surface area (Å²) in [6, 6.07) is 10.2. The molecule has 0 saturated heterocycles. The van der Waals surface area contributed by atoms with Crippen molar-refractivity contribution in [3.63, 3.8) is 0 Å². The van der Waals surface area contributed by atoms with E-state index >= 15 is 0 Å². The molecule has 1 heterocycles. The fourth-order valence-electron chi connectivity index (χ4n) is 2.14. The Hall–Kier alpha value is -1.36. The van der Waals surface area contributed by atoms with Crippen LogP contribution in [0, 0.1) is 0 Å². The van der Waals surface area contributed by atoms with Gasteiger partial charge in [-0.15, -0.1) is 0 Å². The SMILES string of the molecule is CC(C)n1nccc1C(Cc1ccc(Cl)cc1)NN. The lowest BCUT2D eigenvalue weighted by Gasteiger charge is -2.19. The predicted octanol–water partition coefficient (Wildman–Crippen LogP) is 2.86. The van der Waals surface area contributed by atoms with E-state index in [2.05, 4.69) is 24.4 Å². The van der Waals surface area contributed by atoms with Gasteiger partial charge in [0, 0.05) is 17.3 Å². The van der Waals surface area contributed by atoms with E-state index in [1.807, 2.05) is 41.2 Å². The van der Waals surface area contributed by atoms with E-state index in [9.17, 15) is 0 Å².